The number of nitrogens with zero attached hydrogens (tertiary/aromatic N) is 1. The van der Waals surface area contributed by atoms with Gasteiger partial charge in [-0.2, -0.15) is 0 Å². The first-order chi connectivity index (χ1) is 8.74. The first kappa shape index (κ1) is 15.5. The second kappa shape index (κ2) is 8.49. The maximum absolute atomic E-state index is 3.85. The molecule has 0 amide bonds. The molecule has 1 aliphatic carbocycles. The Kier molecular flexibility index (Phi) is 7.29. The predicted molar refractivity (Wildman–Crippen MR) is 80.8 cm³/mol. The van der Waals surface area contributed by atoms with Crippen molar-refractivity contribution in [1.29, 1.82) is 0 Å². The molecule has 0 saturated heterocycles. The topological polar surface area (TPSA) is 15.3 Å². The molecule has 0 radical (unpaired) electrons. The molecule has 0 spiro atoms. The Balaban J connectivity index is 2.57. The Bertz CT molecular complexity index is 239. The van der Waals surface area contributed by atoms with Gasteiger partial charge in [-0.1, -0.05) is 25.5 Å². The van der Waals surface area contributed by atoms with E-state index in [0.29, 0.717) is 6.04 Å². The molecule has 0 aliphatic heterocycles. The highest BCUT2D eigenvalue weighted by Gasteiger charge is 2.29. The van der Waals surface area contributed by atoms with Crippen molar-refractivity contribution in [3.8, 4) is 0 Å². The van der Waals surface area contributed by atoms with Crippen molar-refractivity contribution in [1.82, 2.24) is 10.2 Å². The number of hydrogen-bond acceptors (Lipinski definition) is 2. The lowest BCUT2D eigenvalue weighted by atomic mass is 9.76. The maximum Gasteiger partial charge on any atom is 0.0164 e. The summed E-state index contributed by atoms with van der Waals surface area (Å²) in [5.41, 5.74) is 0. The molecule has 1 N–H and O–H groups in total. The van der Waals surface area contributed by atoms with Crippen LogP contribution in [0.2, 0.25) is 0 Å². The maximum atomic E-state index is 3.85. The third-order valence-corrected chi connectivity index (χ3v) is 4.31. The van der Waals surface area contributed by atoms with Crippen molar-refractivity contribution in [2.45, 2.75) is 38.6 Å². The summed E-state index contributed by atoms with van der Waals surface area (Å²) in [4.78, 5) is 2.45. The Morgan fingerprint density at radius 1 is 1.22 bits per heavy atom. The average Bonchev–Trinajstić information content (AvgIpc) is 2.39. The first-order valence-electron chi connectivity index (χ1n) is 7.36. The van der Waals surface area contributed by atoms with Crippen molar-refractivity contribution in [2.75, 3.05) is 26.7 Å². The van der Waals surface area contributed by atoms with Gasteiger partial charge in [0.25, 0.3) is 0 Å². The van der Waals surface area contributed by atoms with Crippen LogP contribution in [0.3, 0.4) is 0 Å². The van der Waals surface area contributed by atoms with Gasteiger partial charge in [0.1, 0.15) is 0 Å². The summed E-state index contributed by atoms with van der Waals surface area (Å²) in [5, 5.41) is 3.51. The lowest BCUT2D eigenvalue weighted by molar-refractivity contribution is 0.155. The van der Waals surface area contributed by atoms with E-state index in [1.54, 1.807) is 0 Å². The van der Waals surface area contributed by atoms with Crippen LogP contribution in [-0.4, -0.2) is 37.6 Å². The fraction of sp³-hybridized carbons (Fsp3) is 0.750. The molecule has 1 aliphatic rings. The second-order valence-electron chi connectivity index (χ2n) is 5.54. The van der Waals surface area contributed by atoms with Gasteiger partial charge in [-0.15, -0.1) is 13.2 Å². The molecule has 1 rings (SSSR count). The van der Waals surface area contributed by atoms with Gasteiger partial charge in [0, 0.05) is 25.7 Å². The van der Waals surface area contributed by atoms with Crippen molar-refractivity contribution >= 4 is 0 Å². The SMILES string of the molecule is C=CCN(CC=C)CC1CC(CC)CCC1NC. The van der Waals surface area contributed by atoms with Crippen LogP contribution in [0.15, 0.2) is 25.3 Å². The van der Waals surface area contributed by atoms with Crippen molar-refractivity contribution in [2.24, 2.45) is 11.8 Å². The van der Waals surface area contributed by atoms with Crippen LogP contribution >= 0.6 is 0 Å². The standard InChI is InChI=1S/C16H30N2/c1-5-10-18(11-6-2)13-15-12-14(7-3)8-9-16(15)17-4/h5-6,14-17H,1-2,7-13H2,3-4H3. The molecule has 0 aromatic rings. The van der Waals surface area contributed by atoms with E-state index in [-0.39, 0.29) is 0 Å². The smallest absolute Gasteiger partial charge is 0.0164 e. The van der Waals surface area contributed by atoms with Gasteiger partial charge in [-0.25, -0.2) is 0 Å². The van der Waals surface area contributed by atoms with Crippen LogP contribution < -0.4 is 5.32 Å². The average molecular weight is 250 g/mol. The van der Waals surface area contributed by atoms with E-state index in [9.17, 15) is 0 Å². The van der Waals surface area contributed by atoms with E-state index in [1.165, 1.54) is 32.2 Å². The van der Waals surface area contributed by atoms with E-state index in [1.807, 2.05) is 12.2 Å². The largest absolute Gasteiger partial charge is 0.317 e. The summed E-state index contributed by atoms with van der Waals surface area (Å²) in [7, 11) is 2.11. The molecule has 3 atom stereocenters. The van der Waals surface area contributed by atoms with Gasteiger partial charge in [-0.3, -0.25) is 4.90 Å². The third-order valence-electron chi connectivity index (χ3n) is 4.31. The zero-order valence-corrected chi connectivity index (χ0v) is 12.2. The van der Waals surface area contributed by atoms with Crippen LogP contribution in [0.4, 0.5) is 0 Å². The van der Waals surface area contributed by atoms with Crippen LogP contribution in [-0.2, 0) is 0 Å². The normalized spacial score (nSPS) is 28.3. The van der Waals surface area contributed by atoms with E-state index < -0.39 is 0 Å². The third kappa shape index (κ3) is 4.58. The van der Waals surface area contributed by atoms with Crippen molar-refractivity contribution in [3.63, 3.8) is 0 Å². The van der Waals surface area contributed by atoms with Crippen LogP contribution in [0.1, 0.15) is 32.6 Å². The summed E-state index contributed by atoms with van der Waals surface area (Å²) >= 11 is 0. The Morgan fingerprint density at radius 2 is 1.89 bits per heavy atom. The summed E-state index contributed by atoms with van der Waals surface area (Å²) in [6, 6.07) is 0.685. The highest BCUT2D eigenvalue weighted by Crippen LogP contribution is 2.31. The van der Waals surface area contributed by atoms with E-state index >= 15 is 0 Å². The van der Waals surface area contributed by atoms with Gasteiger partial charge in [0.05, 0.1) is 0 Å². The van der Waals surface area contributed by atoms with E-state index in [4.69, 9.17) is 0 Å². The minimum atomic E-state index is 0.685. The molecule has 1 saturated carbocycles. The van der Waals surface area contributed by atoms with Gasteiger partial charge in [0.15, 0.2) is 0 Å². The van der Waals surface area contributed by atoms with Gasteiger partial charge in [0.2, 0.25) is 0 Å². The van der Waals surface area contributed by atoms with Crippen molar-refractivity contribution in [3.05, 3.63) is 25.3 Å². The minimum absolute atomic E-state index is 0.685. The molecule has 2 heteroatoms. The summed E-state index contributed by atoms with van der Waals surface area (Å²) in [5.74, 6) is 1.70. The molecule has 0 aromatic carbocycles. The minimum Gasteiger partial charge on any atom is -0.317 e. The van der Waals surface area contributed by atoms with Crippen LogP contribution in [0.5, 0.6) is 0 Å². The lowest BCUT2D eigenvalue weighted by Gasteiger charge is -2.38. The highest BCUT2D eigenvalue weighted by atomic mass is 15.1. The number of hydrogen-bond donors (Lipinski definition) is 1. The first-order valence-corrected chi connectivity index (χ1v) is 7.36. The van der Waals surface area contributed by atoms with Crippen LogP contribution in [0, 0.1) is 11.8 Å². The Labute approximate surface area is 113 Å². The molecular weight excluding hydrogens is 220 g/mol. The predicted octanol–water partition coefficient (Wildman–Crippen LogP) is 3.07. The van der Waals surface area contributed by atoms with Gasteiger partial charge >= 0.3 is 0 Å². The van der Waals surface area contributed by atoms with Crippen molar-refractivity contribution < 1.29 is 0 Å². The van der Waals surface area contributed by atoms with E-state index in [0.717, 1.165) is 24.9 Å². The second-order valence-corrected chi connectivity index (χ2v) is 5.54. The molecule has 0 bridgehead atoms. The lowest BCUT2D eigenvalue weighted by Crippen LogP contribution is -2.44. The molecule has 18 heavy (non-hydrogen) atoms. The number of rotatable bonds is 8. The zero-order chi connectivity index (χ0) is 13.4. The summed E-state index contributed by atoms with van der Waals surface area (Å²) in [6.07, 6.45) is 9.41. The fourth-order valence-electron chi connectivity index (χ4n) is 3.23. The molecule has 1 fully saturated rings. The Hall–Kier alpha value is -0.600. The molecular formula is C16H30N2. The molecule has 0 heterocycles. The van der Waals surface area contributed by atoms with Gasteiger partial charge < -0.3 is 5.32 Å². The molecule has 2 nitrogen and oxygen atoms in total. The Morgan fingerprint density at radius 3 is 2.39 bits per heavy atom. The molecule has 0 aromatic heterocycles. The fourth-order valence-corrected chi connectivity index (χ4v) is 3.23. The molecule has 3 unspecified atom stereocenters. The van der Waals surface area contributed by atoms with E-state index in [2.05, 4.69) is 37.3 Å². The number of nitrogens with one attached hydrogen (secondary N) is 1. The quantitative estimate of drug-likeness (QED) is 0.666. The molecule has 104 valence electrons. The van der Waals surface area contributed by atoms with Crippen LogP contribution in [0.25, 0.3) is 0 Å². The monoisotopic (exact) mass is 250 g/mol. The van der Waals surface area contributed by atoms with Gasteiger partial charge in [-0.05, 0) is 38.1 Å². The summed E-state index contributed by atoms with van der Waals surface area (Å²) < 4.78 is 0. The summed E-state index contributed by atoms with van der Waals surface area (Å²) in [6.45, 7) is 13.1. The zero-order valence-electron chi connectivity index (χ0n) is 12.2. The highest BCUT2D eigenvalue weighted by molar-refractivity contribution is 4.88.